The van der Waals surface area contributed by atoms with Crippen molar-refractivity contribution in [2.75, 3.05) is 0 Å². The van der Waals surface area contributed by atoms with Crippen molar-refractivity contribution in [2.24, 2.45) is 44.3 Å². The second-order valence-electron chi connectivity index (χ2n) is 15.9. The zero-order chi connectivity index (χ0) is 30.3. The fourth-order valence-electron chi connectivity index (χ4n) is 11.3. The SMILES string of the molecule is CC1(C)[C@H]2CC[C@@]1(C)C(=O)[C@]2(C[C@H](Br)Cc1ccccc1)[C@]1(C[C@H](Br)Cc2ccccc2)C(=O)[C@]2(C)CC[C@@H]1C2(C)C. The molecular formula is C38H48Br2O2. The first-order valence-electron chi connectivity index (χ1n) is 16.1. The Kier molecular flexibility index (Phi) is 7.42. The van der Waals surface area contributed by atoms with E-state index in [2.05, 4.69) is 134 Å². The number of carbonyl (C=O) groups excluding carboxylic acids is 2. The predicted octanol–water partition coefficient (Wildman–Crippen LogP) is 9.80. The number of halogens is 2. The normalized spacial score (nSPS) is 39.1. The lowest BCUT2D eigenvalue weighted by molar-refractivity contribution is -0.166. The summed E-state index contributed by atoms with van der Waals surface area (Å²) in [6.07, 6.45) is 7.11. The van der Waals surface area contributed by atoms with E-state index in [9.17, 15) is 0 Å². The Morgan fingerprint density at radius 1 is 0.619 bits per heavy atom. The highest BCUT2D eigenvalue weighted by atomic mass is 79.9. The number of hydrogen-bond acceptors (Lipinski definition) is 2. The van der Waals surface area contributed by atoms with Gasteiger partial charge in [0.05, 0.1) is 0 Å². The third-order valence-corrected chi connectivity index (χ3v) is 15.2. The number of alkyl halides is 2. The molecule has 2 aromatic rings. The van der Waals surface area contributed by atoms with E-state index in [0.717, 1.165) is 51.4 Å². The fourth-order valence-corrected chi connectivity index (χ4v) is 13.1. The molecule has 4 aliphatic rings. The monoisotopic (exact) mass is 694 g/mol. The zero-order valence-electron chi connectivity index (χ0n) is 26.3. The minimum absolute atomic E-state index is 0.116. The molecule has 0 radical (unpaired) electrons. The highest BCUT2D eigenvalue weighted by Gasteiger charge is 2.85. The first-order chi connectivity index (χ1) is 19.7. The van der Waals surface area contributed by atoms with Gasteiger partial charge in [0.15, 0.2) is 0 Å². The molecule has 0 N–H and O–H groups in total. The summed E-state index contributed by atoms with van der Waals surface area (Å²) >= 11 is 8.29. The molecule has 0 heterocycles. The molecule has 2 nitrogen and oxygen atoms in total. The molecule has 4 saturated carbocycles. The maximum atomic E-state index is 15.5. The average molecular weight is 697 g/mol. The molecule has 42 heavy (non-hydrogen) atoms. The van der Waals surface area contributed by atoms with E-state index < -0.39 is 21.7 Å². The van der Waals surface area contributed by atoms with E-state index in [4.69, 9.17) is 0 Å². The van der Waals surface area contributed by atoms with Gasteiger partial charge in [-0.25, -0.2) is 0 Å². The largest absolute Gasteiger partial charge is 0.298 e. The smallest absolute Gasteiger partial charge is 0.146 e. The van der Waals surface area contributed by atoms with Crippen LogP contribution in [0.25, 0.3) is 0 Å². The minimum atomic E-state index is -0.688. The van der Waals surface area contributed by atoms with E-state index in [1.807, 2.05) is 0 Å². The molecule has 0 spiro atoms. The van der Waals surface area contributed by atoms with Gasteiger partial charge in [0.2, 0.25) is 0 Å². The van der Waals surface area contributed by atoms with Crippen molar-refractivity contribution in [3.63, 3.8) is 0 Å². The first kappa shape index (κ1) is 30.8. The summed E-state index contributed by atoms with van der Waals surface area (Å²) in [5.41, 5.74) is 0.0726. The summed E-state index contributed by atoms with van der Waals surface area (Å²) in [5, 5.41) is 0. The van der Waals surface area contributed by atoms with Crippen LogP contribution in [0.4, 0.5) is 0 Å². The Hall–Kier alpha value is -1.26. The molecule has 4 heteroatoms. The first-order valence-corrected chi connectivity index (χ1v) is 18.0. The second-order valence-corrected chi connectivity index (χ2v) is 18.5. The minimum Gasteiger partial charge on any atom is -0.298 e. The summed E-state index contributed by atoms with van der Waals surface area (Å²) in [6, 6.07) is 21.3. The van der Waals surface area contributed by atoms with E-state index in [1.54, 1.807) is 0 Å². The third-order valence-electron chi connectivity index (χ3n) is 13.9. The molecule has 226 valence electrons. The van der Waals surface area contributed by atoms with Crippen LogP contribution in [0.15, 0.2) is 60.7 Å². The van der Waals surface area contributed by atoms with Crippen molar-refractivity contribution in [2.45, 2.75) is 103 Å². The van der Waals surface area contributed by atoms with Crippen molar-refractivity contribution in [3.05, 3.63) is 71.8 Å². The van der Waals surface area contributed by atoms with Gasteiger partial charge >= 0.3 is 0 Å². The Balaban J connectivity index is 1.53. The molecule has 4 fully saturated rings. The van der Waals surface area contributed by atoms with E-state index in [1.165, 1.54) is 11.1 Å². The van der Waals surface area contributed by atoms with Gasteiger partial charge in [-0.1, -0.05) is 134 Å². The lowest BCUT2D eigenvalue weighted by atomic mass is 9.45. The summed E-state index contributed by atoms with van der Waals surface area (Å²) < 4.78 is 0. The van der Waals surface area contributed by atoms with Crippen molar-refractivity contribution in [3.8, 4) is 0 Å². The van der Waals surface area contributed by atoms with Crippen LogP contribution < -0.4 is 0 Å². The van der Waals surface area contributed by atoms with Gasteiger partial charge in [-0.3, -0.25) is 9.59 Å². The topological polar surface area (TPSA) is 34.1 Å². The van der Waals surface area contributed by atoms with Crippen LogP contribution in [0.5, 0.6) is 0 Å². The molecule has 4 aliphatic carbocycles. The van der Waals surface area contributed by atoms with Gasteiger partial charge in [-0.05, 0) is 85.2 Å². The molecule has 8 atom stereocenters. The van der Waals surface area contributed by atoms with Gasteiger partial charge in [0.1, 0.15) is 11.6 Å². The molecule has 0 amide bonds. The number of rotatable bonds is 9. The zero-order valence-corrected chi connectivity index (χ0v) is 29.5. The van der Waals surface area contributed by atoms with E-state index in [0.29, 0.717) is 11.6 Å². The molecule has 4 bridgehead atoms. The van der Waals surface area contributed by atoms with Crippen LogP contribution in [0.2, 0.25) is 0 Å². The lowest BCUT2D eigenvalue weighted by Gasteiger charge is -2.56. The number of carbonyl (C=O) groups is 2. The van der Waals surface area contributed by atoms with Crippen molar-refractivity contribution >= 4 is 43.4 Å². The third kappa shape index (κ3) is 3.85. The molecule has 0 aromatic heterocycles. The van der Waals surface area contributed by atoms with Crippen LogP contribution in [0.1, 0.15) is 91.2 Å². The summed E-state index contributed by atoms with van der Waals surface area (Å²) in [4.78, 5) is 31.2. The quantitative estimate of drug-likeness (QED) is 0.245. The van der Waals surface area contributed by atoms with Crippen molar-refractivity contribution in [1.82, 2.24) is 0 Å². The average Bonchev–Trinajstić information content (AvgIpc) is 3.42. The molecule has 6 rings (SSSR count). The number of fused-ring (bicyclic) bond motifs is 4. The number of benzene rings is 2. The van der Waals surface area contributed by atoms with Gasteiger partial charge < -0.3 is 0 Å². The highest BCUT2D eigenvalue weighted by molar-refractivity contribution is 9.09. The van der Waals surface area contributed by atoms with Crippen LogP contribution in [-0.2, 0) is 22.4 Å². The molecular weight excluding hydrogens is 648 g/mol. The molecule has 0 saturated heterocycles. The van der Waals surface area contributed by atoms with Crippen LogP contribution >= 0.6 is 31.9 Å². The van der Waals surface area contributed by atoms with Gasteiger partial charge in [0, 0.05) is 31.3 Å². The summed E-state index contributed by atoms with van der Waals surface area (Å²) in [5.74, 6) is 1.18. The number of hydrogen-bond donors (Lipinski definition) is 0. The number of ketones is 2. The Bertz CT molecular complexity index is 1260. The van der Waals surface area contributed by atoms with Gasteiger partial charge in [-0.15, -0.1) is 0 Å². The summed E-state index contributed by atoms with van der Waals surface area (Å²) in [7, 11) is 0. The maximum absolute atomic E-state index is 15.5. The van der Waals surface area contributed by atoms with Crippen molar-refractivity contribution < 1.29 is 9.59 Å². The summed E-state index contributed by atoms with van der Waals surface area (Å²) in [6.45, 7) is 13.9. The molecule has 0 unspecified atom stereocenters. The van der Waals surface area contributed by atoms with Crippen LogP contribution in [-0.4, -0.2) is 21.2 Å². The van der Waals surface area contributed by atoms with Crippen molar-refractivity contribution in [1.29, 1.82) is 0 Å². The molecule has 2 aromatic carbocycles. The standard InChI is InChI=1S/C38H48Br2O2/c1-33(2)29-17-19-35(33,5)31(41)37(29,23-27(39)21-25-13-9-7-10-14-25)38(24-28(40)22-26-15-11-8-12-16-26)30-18-20-36(6,32(38)42)34(30,3)4/h7-16,27-30H,17-24H2,1-6H3/t27-,28-,29-,30-,35+,36+,37-,38+/m1/s1. The van der Waals surface area contributed by atoms with Crippen LogP contribution in [0.3, 0.4) is 0 Å². The second kappa shape index (κ2) is 10.1. The highest BCUT2D eigenvalue weighted by Crippen LogP contribution is 2.83. The Morgan fingerprint density at radius 3 is 1.24 bits per heavy atom. The predicted molar refractivity (Wildman–Crippen MR) is 179 cm³/mol. The van der Waals surface area contributed by atoms with Gasteiger partial charge in [-0.2, -0.15) is 0 Å². The number of Topliss-reactive ketones (excluding diaryl/α,β-unsaturated/α-hetero) is 2. The Morgan fingerprint density at radius 2 is 0.952 bits per heavy atom. The Labute approximate surface area is 270 Å². The fraction of sp³-hybridized carbons (Fsp3) is 0.632. The van der Waals surface area contributed by atoms with Gasteiger partial charge in [0.25, 0.3) is 0 Å². The maximum Gasteiger partial charge on any atom is 0.146 e. The van der Waals surface area contributed by atoms with E-state index in [-0.39, 0.29) is 32.3 Å². The van der Waals surface area contributed by atoms with E-state index >= 15 is 9.59 Å². The lowest BCUT2D eigenvalue weighted by Crippen LogP contribution is -2.61. The molecule has 0 aliphatic heterocycles. The van der Waals surface area contributed by atoms with Crippen LogP contribution in [0, 0.1) is 44.3 Å².